The maximum absolute atomic E-state index is 10.3. The van der Waals surface area contributed by atoms with Gasteiger partial charge < -0.3 is 14.4 Å². The Morgan fingerprint density at radius 3 is 1.77 bits per heavy atom. The predicted octanol–water partition coefficient (Wildman–Crippen LogP) is 3.75. The molecule has 0 saturated heterocycles. The molecule has 1 aliphatic rings. The molecule has 1 heterocycles. The van der Waals surface area contributed by atoms with Gasteiger partial charge in [-0.05, 0) is 32.2 Å². The van der Waals surface area contributed by atoms with Crippen molar-refractivity contribution in [2.75, 3.05) is 6.54 Å². The standard InChI is InChI=1S/C16H32N2O2Si2/c1-21(2,3)18(22(4,5)6)12-8-11-17-15(19)13-9-7-10-14(13)16(17)20/h19-20H,7-12H2,1-6H3. The number of rotatable bonds is 6. The molecule has 2 rings (SSSR count). The van der Waals surface area contributed by atoms with Crippen LogP contribution >= 0.6 is 0 Å². The summed E-state index contributed by atoms with van der Waals surface area (Å²) < 4.78 is 4.47. The van der Waals surface area contributed by atoms with Crippen LogP contribution in [0.4, 0.5) is 0 Å². The molecule has 1 aromatic heterocycles. The Labute approximate surface area is 136 Å². The van der Waals surface area contributed by atoms with Crippen LogP contribution in [-0.2, 0) is 19.4 Å². The molecule has 0 bridgehead atoms. The minimum atomic E-state index is -1.33. The van der Waals surface area contributed by atoms with Gasteiger partial charge in [-0.3, -0.25) is 4.57 Å². The molecule has 0 aliphatic heterocycles. The van der Waals surface area contributed by atoms with Crippen molar-refractivity contribution in [3.8, 4) is 11.8 Å². The van der Waals surface area contributed by atoms with Gasteiger partial charge in [0.1, 0.15) is 16.5 Å². The number of fused-ring (bicyclic) bond motifs is 1. The molecule has 2 N–H and O–H groups in total. The van der Waals surface area contributed by atoms with Crippen molar-refractivity contribution in [3.63, 3.8) is 0 Å². The first-order chi connectivity index (χ1) is 10.0. The highest BCUT2D eigenvalue weighted by Gasteiger charge is 2.34. The summed E-state index contributed by atoms with van der Waals surface area (Å²) in [5, 5.41) is 20.6. The predicted molar refractivity (Wildman–Crippen MR) is 97.8 cm³/mol. The summed E-state index contributed by atoms with van der Waals surface area (Å²) in [6.45, 7) is 16.2. The molecule has 0 amide bonds. The highest BCUT2D eigenvalue weighted by Crippen LogP contribution is 2.39. The van der Waals surface area contributed by atoms with Gasteiger partial charge in [-0.1, -0.05) is 39.3 Å². The molecule has 0 aromatic carbocycles. The summed E-state index contributed by atoms with van der Waals surface area (Å²) >= 11 is 0. The van der Waals surface area contributed by atoms with Crippen LogP contribution in [0.3, 0.4) is 0 Å². The van der Waals surface area contributed by atoms with Gasteiger partial charge in [0.25, 0.3) is 0 Å². The van der Waals surface area contributed by atoms with Crippen LogP contribution in [0, 0.1) is 0 Å². The molecule has 0 spiro atoms. The topological polar surface area (TPSA) is 48.6 Å². The van der Waals surface area contributed by atoms with Crippen LogP contribution in [0.5, 0.6) is 11.8 Å². The average Bonchev–Trinajstić information content (AvgIpc) is 2.89. The van der Waals surface area contributed by atoms with E-state index < -0.39 is 16.5 Å². The second kappa shape index (κ2) is 6.05. The molecule has 6 heteroatoms. The maximum atomic E-state index is 10.3. The first-order valence-electron chi connectivity index (χ1n) is 8.43. The van der Waals surface area contributed by atoms with Crippen molar-refractivity contribution < 1.29 is 10.2 Å². The molecule has 0 saturated carbocycles. The third kappa shape index (κ3) is 3.44. The Morgan fingerprint density at radius 2 is 1.36 bits per heavy atom. The van der Waals surface area contributed by atoms with Crippen LogP contribution in [0.15, 0.2) is 0 Å². The molecule has 1 aromatic rings. The van der Waals surface area contributed by atoms with Gasteiger partial charge in [-0.2, -0.15) is 0 Å². The third-order valence-corrected chi connectivity index (χ3v) is 12.4. The molecule has 126 valence electrons. The normalized spacial score (nSPS) is 15.6. The summed E-state index contributed by atoms with van der Waals surface area (Å²) in [5.74, 6) is 0.607. The number of hydrogen-bond donors (Lipinski definition) is 2. The van der Waals surface area contributed by atoms with Crippen molar-refractivity contribution in [1.82, 2.24) is 8.80 Å². The lowest BCUT2D eigenvalue weighted by molar-refractivity contribution is 0.355. The number of aromatic nitrogens is 1. The quantitative estimate of drug-likeness (QED) is 0.775. The van der Waals surface area contributed by atoms with Crippen LogP contribution in [-0.4, -0.2) is 42.0 Å². The number of hydrogen-bond acceptors (Lipinski definition) is 3. The molecular weight excluding hydrogens is 308 g/mol. The minimum Gasteiger partial charge on any atom is -0.494 e. The highest BCUT2D eigenvalue weighted by molar-refractivity contribution is 6.89. The van der Waals surface area contributed by atoms with Gasteiger partial charge in [0, 0.05) is 17.7 Å². The fourth-order valence-electron chi connectivity index (χ4n) is 3.94. The zero-order chi connectivity index (χ0) is 16.7. The van der Waals surface area contributed by atoms with Gasteiger partial charge in [-0.25, -0.2) is 0 Å². The largest absolute Gasteiger partial charge is 0.494 e. The Hall–Kier alpha value is -0.726. The summed E-state index contributed by atoms with van der Waals surface area (Å²) in [6.07, 6.45) is 3.82. The molecule has 4 nitrogen and oxygen atoms in total. The van der Waals surface area contributed by atoms with E-state index in [9.17, 15) is 10.2 Å². The maximum Gasteiger partial charge on any atom is 0.197 e. The SMILES string of the molecule is C[Si](C)(C)N(CCCn1c(O)c2c(c1O)CCC2)[Si](C)(C)C. The third-order valence-electron chi connectivity index (χ3n) is 4.65. The molecule has 0 unspecified atom stereocenters. The van der Waals surface area contributed by atoms with E-state index in [4.69, 9.17) is 0 Å². The number of aromatic hydroxyl groups is 2. The monoisotopic (exact) mass is 340 g/mol. The zero-order valence-corrected chi connectivity index (χ0v) is 17.0. The van der Waals surface area contributed by atoms with Crippen LogP contribution in [0.2, 0.25) is 39.3 Å². The average molecular weight is 341 g/mol. The van der Waals surface area contributed by atoms with Crippen molar-refractivity contribution in [2.45, 2.75) is 71.5 Å². The molecule has 22 heavy (non-hydrogen) atoms. The van der Waals surface area contributed by atoms with E-state index in [1.54, 1.807) is 4.57 Å². The van der Waals surface area contributed by atoms with Crippen molar-refractivity contribution in [2.24, 2.45) is 0 Å². The molecule has 0 fully saturated rings. The van der Waals surface area contributed by atoms with Crippen LogP contribution in [0.1, 0.15) is 24.0 Å². The number of nitrogens with zero attached hydrogens (tertiary/aromatic N) is 2. The second-order valence-corrected chi connectivity index (χ2v) is 18.7. The highest BCUT2D eigenvalue weighted by atomic mass is 28.4. The van der Waals surface area contributed by atoms with Gasteiger partial charge >= 0.3 is 0 Å². The van der Waals surface area contributed by atoms with E-state index in [2.05, 4.69) is 43.5 Å². The lowest BCUT2D eigenvalue weighted by Gasteiger charge is -2.43. The first kappa shape index (κ1) is 17.6. The zero-order valence-electron chi connectivity index (χ0n) is 15.0. The van der Waals surface area contributed by atoms with E-state index in [1.165, 1.54) is 0 Å². The second-order valence-electron chi connectivity index (χ2n) is 8.46. The van der Waals surface area contributed by atoms with E-state index in [-0.39, 0.29) is 0 Å². The van der Waals surface area contributed by atoms with Crippen molar-refractivity contribution in [3.05, 3.63) is 11.1 Å². The summed E-state index contributed by atoms with van der Waals surface area (Å²) in [6, 6.07) is 0. The Bertz CT molecular complexity index is 500. The first-order valence-corrected chi connectivity index (χ1v) is 15.3. The fraction of sp³-hybridized carbons (Fsp3) is 0.750. The van der Waals surface area contributed by atoms with E-state index in [1.807, 2.05) is 0 Å². The van der Waals surface area contributed by atoms with Crippen LogP contribution in [0.25, 0.3) is 0 Å². The van der Waals surface area contributed by atoms with Gasteiger partial charge in [-0.15, -0.1) is 0 Å². The summed E-state index contributed by atoms with van der Waals surface area (Å²) in [5.41, 5.74) is 1.95. The van der Waals surface area contributed by atoms with Gasteiger partial charge in [0.2, 0.25) is 0 Å². The molecule has 1 aliphatic carbocycles. The van der Waals surface area contributed by atoms with Crippen LogP contribution < -0.4 is 0 Å². The summed E-state index contributed by atoms with van der Waals surface area (Å²) in [4.78, 5) is 0. The lowest BCUT2D eigenvalue weighted by atomic mass is 10.2. The van der Waals surface area contributed by atoms with Crippen molar-refractivity contribution >= 4 is 16.5 Å². The molecule has 0 radical (unpaired) electrons. The fourth-order valence-corrected chi connectivity index (χ4v) is 13.6. The lowest BCUT2D eigenvalue weighted by Crippen LogP contribution is -2.59. The Morgan fingerprint density at radius 1 is 0.909 bits per heavy atom. The van der Waals surface area contributed by atoms with E-state index >= 15 is 0 Å². The smallest absolute Gasteiger partial charge is 0.197 e. The Kier molecular flexibility index (Phi) is 4.85. The Balaban J connectivity index is 2.05. The van der Waals surface area contributed by atoms with Gasteiger partial charge in [0.05, 0.1) is 0 Å². The molecule has 0 atom stereocenters. The minimum absolute atomic E-state index is 0.303. The van der Waals surface area contributed by atoms with Crippen molar-refractivity contribution in [1.29, 1.82) is 0 Å². The van der Waals surface area contributed by atoms with Gasteiger partial charge in [0.15, 0.2) is 11.8 Å². The van der Waals surface area contributed by atoms with E-state index in [0.717, 1.165) is 43.4 Å². The molecular formula is C16H32N2O2Si2. The summed E-state index contributed by atoms with van der Waals surface area (Å²) in [7, 11) is -2.66. The van der Waals surface area contributed by atoms with E-state index in [0.29, 0.717) is 18.3 Å².